The SMILES string of the molecule is CCC(c1ccccc1)C(C)(N=C(c1ccccc1)c1ccccc1N=C([O-])C1CCCN1Cc1ccccc1)C(=O)O.[Ni]. The Balaban J connectivity index is 0.00000442. The molecule has 230 valence electrons. The van der Waals surface area contributed by atoms with Gasteiger partial charge < -0.3 is 10.2 Å². The smallest absolute Gasteiger partial charge is 0.331 e. The first kappa shape index (κ1) is 32.8. The van der Waals surface area contributed by atoms with Gasteiger partial charge in [-0.25, -0.2) is 4.79 Å². The van der Waals surface area contributed by atoms with E-state index in [1.54, 1.807) is 6.92 Å². The van der Waals surface area contributed by atoms with E-state index in [9.17, 15) is 15.0 Å². The predicted octanol–water partition coefficient (Wildman–Crippen LogP) is 6.61. The fraction of sp³-hybridized carbons (Fsp3) is 0.270. The second-order valence-corrected chi connectivity index (χ2v) is 11.2. The molecule has 0 saturated carbocycles. The van der Waals surface area contributed by atoms with Crippen molar-refractivity contribution < 1.29 is 31.5 Å². The molecule has 4 aromatic carbocycles. The topological polar surface area (TPSA) is 88.3 Å². The number of para-hydroxylation sites is 1. The van der Waals surface area contributed by atoms with Crippen molar-refractivity contribution in [3.05, 3.63) is 138 Å². The maximum atomic E-state index is 13.7. The minimum Gasteiger partial charge on any atom is -0.861 e. The third kappa shape index (κ3) is 7.35. The average Bonchev–Trinajstić information content (AvgIpc) is 3.50. The molecule has 0 aromatic heterocycles. The van der Waals surface area contributed by atoms with E-state index >= 15 is 0 Å². The summed E-state index contributed by atoms with van der Waals surface area (Å²) in [6.07, 6.45) is 2.27. The van der Waals surface area contributed by atoms with Crippen LogP contribution in [0.5, 0.6) is 0 Å². The molecule has 4 aromatic rings. The van der Waals surface area contributed by atoms with Crippen LogP contribution in [0.15, 0.2) is 125 Å². The second-order valence-electron chi connectivity index (χ2n) is 11.2. The molecule has 3 atom stereocenters. The summed E-state index contributed by atoms with van der Waals surface area (Å²) in [4.78, 5) is 25.0. The monoisotopic (exact) mass is 630 g/mol. The van der Waals surface area contributed by atoms with Crippen LogP contribution in [-0.4, -0.2) is 45.7 Å². The van der Waals surface area contributed by atoms with E-state index in [4.69, 9.17) is 4.99 Å². The van der Waals surface area contributed by atoms with E-state index < -0.39 is 11.5 Å². The molecule has 1 N–H and O–H groups in total. The number of aliphatic carboxylic acids is 1. The molecule has 1 fully saturated rings. The van der Waals surface area contributed by atoms with E-state index in [2.05, 4.69) is 22.0 Å². The van der Waals surface area contributed by atoms with E-state index in [1.165, 1.54) is 0 Å². The molecular formula is C37H38N3NiO3-. The van der Waals surface area contributed by atoms with Crippen LogP contribution in [0.1, 0.15) is 61.3 Å². The van der Waals surface area contributed by atoms with Crippen molar-refractivity contribution in [1.82, 2.24) is 4.90 Å². The van der Waals surface area contributed by atoms with Crippen LogP contribution in [0.3, 0.4) is 0 Å². The summed E-state index contributed by atoms with van der Waals surface area (Å²) >= 11 is 0. The van der Waals surface area contributed by atoms with Crippen LogP contribution < -0.4 is 5.11 Å². The first-order valence-electron chi connectivity index (χ1n) is 15.0. The standard InChI is InChI=1S/C37H39N3O3.Ni/c1-3-31(28-18-9-5-10-19-28)37(2,36(42)43)39-34(29-20-11-6-12-21-29)30-22-13-14-23-32(30)38-35(41)33-24-15-25-40(33)26-27-16-7-4-8-17-27;/h4-14,16-23,31,33H,3,15,24-26H2,1-2H3,(H,38,41)(H,42,43);/p-1. The first-order chi connectivity index (χ1) is 20.9. The molecule has 44 heavy (non-hydrogen) atoms. The van der Waals surface area contributed by atoms with Crippen LogP contribution in [0.25, 0.3) is 0 Å². The van der Waals surface area contributed by atoms with Crippen LogP contribution >= 0.6 is 0 Å². The molecule has 1 aliphatic rings. The van der Waals surface area contributed by atoms with Crippen molar-refractivity contribution in [1.29, 1.82) is 0 Å². The van der Waals surface area contributed by atoms with E-state index in [-0.39, 0.29) is 34.3 Å². The summed E-state index contributed by atoms with van der Waals surface area (Å²) in [6, 6.07) is 36.5. The Morgan fingerprint density at radius 1 is 0.932 bits per heavy atom. The van der Waals surface area contributed by atoms with Gasteiger partial charge in [0.2, 0.25) is 0 Å². The number of likely N-dealkylation sites (tertiary alicyclic amines) is 1. The van der Waals surface area contributed by atoms with Crippen LogP contribution in [-0.2, 0) is 27.8 Å². The molecule has 7 heteroatoms. The van der Waals surface area contributed by atoms with Gasteiger partial charge >= 0.3 is 5.97 Å². The van der Waals surface area contributed by atoms with Gasteiger partial charge in [0.15, 0.2) is 5.54 Å². The van der Waals surface area contributed by atoms with Gasteiger partial charge in [0, 0.05) is 46.1 Å². The summed E-state index contributed by atoms with van der Waals surface area (Å²) in [7, 11) is 0. The van der Waals surface area contributed by atoms with Gasteiger partial charge in [-0.15, -0.1) is 0 Å². The number of aliphatic imine (C=N–C) groups is 2. The van der Waals surface area contributed by atoms with Gasteiger partial charge in [-0.3, -0.25) is 14.9 Å². The van der Waals surface area contributed by atoms with E-state index in [0.29, 0.717) is 29.9 Å². The zero-order valence-corrected chi connectivity index (χ0v) is 26.1. The number of nitrogens with zero attached hydrogens (tertiary/aromatic N) is 3. The molecule has 3 unspecified atom stereocenters. The Kier molecular flexibility index (Phi) is 11.3. The average molecular weight is 631 g/mol. The second kappa shape index (κ2) is 15.1. The molecule has 0 amide bonds. The predicted molar refractivity (Wildman–Crippen MR) is 171 cm³/mol. The third-order valence-electron chi connectivity index (χ3n) is 8.38. The summed E-state index contributed by atoms with van der Waals surface area (Å²) in [5.41, 5.74) is 2.99. The molecular weight excluding hydrogens is 593 g/mol. The number of rotatable bonds is 11. The first-order valence-corrected chi connectivity index (χ1v) is 15.0. The molecule has 0 spiro atoms. The van der Waals surface area contributed by atoms with Crippen molar-refractivity contribution in [2.45, 2.75) is 57.2 Å². The quantitative estimate of drug-likeness (QED) is 0.115. The molecule has 6 nitrogen and oxygen atoms in total. The van der Waals surface area contributed by atoms with E-state index in [0.717, 1.165) is 36.1 Å². The maximum absolute atomic E-state index is 13.7. The molecule has 1 heterocycles. The minimum absolute atomic E-state index is 0. The summed E-state index contributed by atoms with van der Waals surface area (Å²) in [6.45, 7) is 5.21. The number of benzene rings is 4. The minimum atomic E-state index is -1.48. The number of carbonyl (C=O) groups is 1. The van der Waals surface area contributed by atoms with Crippen molar-refractivity contribution >= 4 is 23.3 Å². The van der Waals surface area contributed by atoms with Gasteiger partial charge in [0.25, 0.3) is 0 Å². The van der Waals surface area contributed by atoms with Crippen molar-refractivity contribution in [3.63, 3.8) is 0 Å². The Morgan fingerprint density at radius 3 is 2.16 bits per heavy atom. The fourth-order valence-electron chi connectivity index (χ4n) is 6.10. The zero-order chi connectivity index (χ0) is 30.2. The van der Waals surface area contributed by atoms with Crippen LogP contribution in [0.2, 0.25) is 0 Å². The summed E-state index contributed by atoms with van der Waals surface area (Å²) in [5, 5.41) is 24.4. The van der Waals surface area contributed by atoms with Crippen LogP contribution in [0, 0.1) is 0 Å². The molecule has 1 saturated heterocycles. The fourth-order valence-corrected chi connectivity index (χ4v) is 6.10. The van der Waals surface area contributed by atoms with Gasteiger partial charge in [0.05, 0.1) is 11.4 Å². The Hall–Kier alpha value is -4.06. The maximum Gasteiger partial charge on any atom is 0.331 e. The summed E-state index contributed by atoms with van der Waals surface area (Å²) in [5.74, 6) is -1.57. The molecule has 1 aliphatic heterocycles. The Labute approximate surface area is 270 Å². The molecule has 5 rings (SSSR count). The third-order valence-corrected chi connectivity index (χ3v) is 8.38. The van der Waals surface area contributed by atoms with Gasteiger partial charge in [0.1, 0.15) is 0 Å². The largest absolute Gasteiger partial charge is 0.861 e. The van der Waals surface area contributed by atoms with Crippen LogP contribution in [0.4, 0.5) is 5.69 Å². The Morgan fingerprint density at radius 2 is 1.52 bits per heavy atom. The number of carboxylic acid groups (broad SMARTS) is 1. The Bertz CT molecular complexity index is 1580. The number of hydrogen-bond acceptors (Lipinski definition) is 5. The number of hydrogen-bond donors (Lipinski definition) is 1. The summed E-state index contributed by atoms with van der Waals surface area (Å²) < 4.78 is 0. The zero-order valence-electron chi connectivity index (χ0n) is 25.1. The van der Waals surface area contributed by atoms with E-state index in [1.807, 2.05) is 110 Å². The van der Waals surface area contributed by atoms with Crippen molar-refractivity contribution in [2.24, 2.45) is 9.98 Å². The van der Waals surface area contributed by atoms with Gasteiger partial charge in [-0.05, 0) is 55.8 Å². The molecule has 0 radical (unpaired) electrons. The number of carboxylic acids is 1. The van der Waals surface area contributed by atoms with Gasteiger partial charge in [-0.2, -0.15) is 0 Å². The normalized spacial score (nSPS) is 17.8. The molecule has 0 aliphatic carbocycles. The van der Waals surface area contributed by atoms with Crippen molar-refractivity contribution in [2.75, 3.05) is 6.54 Å². The van der Waals surface area contributed by atoms with Crippen molar-refractivity contribution in [3.8, 4) is 0 Å². The molecule has 0 bridgehead atoms. The van der Waals surface area contributed by atoms with Gasteiger partial charge in [-0.1, -0.05) is 116 Å².